The fraction of sp³-hybridized carbons (Fsp3) is 0.387. The Kier molecular flexibility index (Phi) is 12.3. The van der Waals surface area contributed by atoms with Gasteiger partial charge in [0.15, 0.2) is 11.5 Å². The molecule has 45 heavy (non-hydrogen) atoms. The first-order valence-corrected chi connectivity index (χ1v) is 15.4. The average molecular weight is 637 g/mol. The SMILES string of the molecule is CCCC[C@@H](COC(=O)N(Cc1ccc(N=[N+]=[N-])cc1)Cc1cccs1)NC(=O)N[C@@H](CC(=O)OC)c1ccc2c(c1)OCO2. The molecular formula is C31H36N6O7S. The predicted octanol–water partition coefficient (Wildman–Crippen LogP) is 6.72. The number of nitrogens with zero attached hydrogens (tertiary/aromatic N) is 4. The van der Waals surface area contributed by atoms with Crippen molar-refractivity contribution in [3.8, 4) is 11.5 Å². The zero-order valence-corrected chi connectivity index (χ0v) is 26.0. The van der Waals surface area contributed by atoms with Crippen LogP contribution in [0.2, 0.25) is 0 Å². The highest BCUT2D eigenvalue weighted by molar-refractivity contribution is 7.09. The van der Waals surface area contributed by atoms with E-state index >= 15 is 0 Å². The second-order valence-electron chi connectivity index (χ2n) is 10.3. The lowest BCUT2D eigenvalue weighted by Crippen LogP contribution is -2.46. The third-order valence-corrected chi connectivity index (χ3v) is 7.87. The van der Waals surface area contributed by atoms with Gasteiger partial charge in [-0.05, 0) is 46.7 Å². The summed E-state index contributed by atoms with van der Waals surface area (Å²) in [6.07, 6.45) is 1.63. The van der Waals surface area contributed by atoms with E-state index in [1.807, 2.05) is 24.4 Å². The van der Waals surface area contributed by atoms with Crippen LogP contribution in [-0.2, 0) is 27.4 Å². The van der Waals surface area contributed by atoms with E-state index < -0.39 is 30.2 Å². The maximum atomic E-state index is 13.4. The van der Waals surface area contributed by atoms with Crippen molar-refractivity contribution < 1.29 is 33.3 Å². The first kappa shape index (κ1) is 33.0. The zero-order valence-electron chi connectivity index (χ0n) is 25.1. The van der Waals surface area contributed by atoms with Crippen LogP contribution >= 0.6 is 11.3 Å². The van der Waals surface area contributed by atoms with Crippen molar-refractivity contribution in [2.75, 3.05) is 20.5 Å². The molecular weight excluding hydrogens is 600 g/mol. The number of nitrogens with one attached hydrogen (secondary N) is 2. The summed E-state index contributed by atoms with van der Waals surface area (Å²) >= 11 is 1.53. The number of ether oxygens (including phenoxy) is 4. The molecule has 0 saturated carbocycles. The van der Waals surface area contributed by atoms with Gasteiger partial charge >= 0.3 is 18.1 Å². The largest absolute Gasteiger partial charge is 0.469 e. The molecule has 1 aromatic heterocycles. The number of esters is 1. The molecule has 0 unspecified atom stereocenters. The third kappa shape index (κ3) is 10.1. The van der Waals surface area contributed by atoms with Crippen molar-refractivity contribution >= 4 is 35.1 Å². The molecule has 13 nitrogen and oxygen atoms in total. The normalized spacial score (nSPS) is 12.8. The number of methoxy groups -OCH3 is 1. The van der Waals surface area contributed by atoms with Gasteiger partial charge in [0.25, 0.3) is 0 Å². The highest BCUT2D eigenvalue weighted by Gasteiger charge is 2.25. The molecule has 0 saturated heterocycles. The van der Waals surface area contributed by atoms with Crippen LogP contribution in [0.5, 0.6) is 11.5 Å². The quantitative estimate of drug-likeness (QED) is 0.0809. The van der Waals surface area contributed by atoms with Gasteiger partial charge in [-0.25, -0.2) is 9.59 Å². The van der Waals surface area contributed by atoms with Crippen molar-refractivity contribution in [3.05, 3.63) is 86.4 Å². The van der Waals surface area contributed by atoms with Gasteiger partial charge in [-0.1, -0.05) is 61.3 Å². The van der Waals surface area contributed by atoms with Gasteiger partial charge in [0.2, 0.25) is 6.79 Å². The number of azide groups is 1. The van der Waals surface area contributed by atoms with Crippen molar-refractivity contribution in [1.29, 1.82) is 0 Å². The van der Waals surface area contributed by atoms with Crippen molar-refractivity contribution in [1.82, 2.24) is 15.5 Å². The summed E-state index contributed by atoms with van der Waals surface area (Å²) in [5.41, 5.74) is 10.6. The molecule has 2 heterocycles. The zero-order chi connectivity index (χ0) is 32.0. The minimum absolute atomic E-state index is 0.0469. The Hall–Kier alpha value is -4.94. The molecule has 14 heteroatoms. The fourth-order valence-corrected chi connectivity index (χ4v) is 5.36. The van der Waals surface area contributed by atoms with Gasteiger partial charge in [0.05, 0.1) is 32.2 Å². The van der Waals surface area contributed by atoms with E-state index in [-0.39, 0.29) is 26.4 Å². The van der Waals surface area contributed by atoms with Gasteiger partial charge < -0.3 is 29.6 Å². The Morgan fingerprint density at radius 2 is 1.89 bits per heavy atom. The Morgan fingerprint density at radius 1 is 1.09 bits per heavy atom. The summed E-state index contributed by atoms with van der Waals surface area (Å²) in [4.78, 5) is 44.1. The van der Waals surface area contributed by atoms with Crippen LogP contribution in [0.3, 0.4) is 0 Å². The highest BCUT2D eigenvalue weighted by Crippen LogP contribution is 2.35. The number of hydrogen-bond acceptors (Lipinski definition) is 9. The number of unbranched alkanes of at least 4 members (excludes halogenated alkanes) is 1. The maximum absolute atomic E-state index is 13.4. The van der Waals surface area contributed by atoms with Crippen molar-refractivity contribution in [3.63, 3.8) is 0 Å². The second-order valence-corrected chi connectivity index (χ2v) is 11.3. The first-order chi connectivity index (χ1) is 21.9. The molecule has 4 rings (SSSR count). The lowest BCUT2D eigenvalue weighted by Gasteiger charge is -2.25. The molecule has 3 aromatic rings. The lowest BCUT2D eigenvalue weighted by molar-refractivity contribution is -0.141. The third-order valence-electron chi connectivity index (χ3n) is 7.01. The van der Waals surface area contributed by atoms with Gasteiger partial charge in [-0.2, -0.15) is 0 Å². The number of thiophene rings is 1. The number of fused-ring (bicyclic) bond motifs is 1. The fourth-order valence-electron chi connectivity index (χ4n) is 4.64. The molecule has 2 N–H and O–H groups in total. The number of urea groups is 1. The Labute approximate surface area is 265 Å². The predicted molar refractivity (Wildman–Crippen MR) is 167 cm³/mol. The van der Waals surface area contributed by atoms with Crippen molar-refractivity contribution in [2.45, 2.75) is 57.8 Å². The van der Waals surface area contributed by atoms with E-state index in [4.69, 9.17) is 24.5 Å². The first-order valence-electron chi connectivity index (χ1n) is 14.5. The summed E-state index contributed by atoms with van der Waals surface area (Å²) in [5, 5.41) is 11.3. The molecule has 0 spiro atoms. The van der Waals surface area contributed by atoms with Crippen LogP contribution in [-0.4, -0.2) is 49.5 Å². The molecule has 0 radical (unpaired) electrons. The number of rotatable bonds is 15. The average Bonchev–Trinajstić information content (AvgIpc) is 3.74. The number of amides is 3. The van der Waals surface area contributed by atoms with Gasteiger partial charge in [-0.15, -0.1) is 11.3 Å². The number of carbonyl (C=O) groups excluding carboxylic acids is 3. The van der Waals surface area contributed by atoms with E-state index in [1.165, 1.54) is 18.4 Å². The summed E-state index contributed by atoms with van der Waals surface area (Å²) in [5.74, 6) is 0.614. The van der Waals surface area contributed by atoms with Crippen LogP contribution in [0, 0.1) is 0 Å². The molecule has 3 amide bonds. The Bertz CT molecular complexity index is 1480. The van der Waals surface area contributed by atoms with Crippen LogP contribution in [0.4, 0.5) is 15.3 Å². The standard InChI is InChI=1S/C31H36N6O7S/c1-3-4-6-24(33-30(39)34-26(16-29(38)41-2)22-10-13-27-28(15-22)44-20-43-27)19-42-31(40)37(18-25-7-5-14-45-25)17-21-8-11-23(12-9-21)35-36-32/h5,7-15,24,26H,3-4,6,16-20H2,1-2H3,(H2,33,34,39)/t24-,26-/m0/s1. The van der Waals surface area contributed by atoms with Gasteiger partial charge in [0.1, 0.15) is 6.61 Å². The second kappa shape index (κ2) is 16.8. The van der Waals surface area contributed by atoms with E-state index in [0.29, 0.717) is 35.7 Å². The molecule has 238 valence electrons. The van der Waals surface area contributed by atoms with Gasteiger partial charge in [0, 0.05) is 22.0 Å². The lowest BCUT2D eigenvalue weighted by atomic mass is 10.0. The van der Waals surface area contributed by atoms with E-state index in [1.54, 1.807) is 47.4 Å². The number of hydrogen-bond donors (Lipinski definition) is 2. The molecule has 0 aliphatic carbocycles. The molecule has 0 fully saturated rings. The van der Waals surface area contributed by atoms with Crippen LogP contribution in [0.25, 0.3) is 10.4 Å². The minimum atomic E-state index is -0.701. The summed E-state index contributed by atoms with van der Waals surface area (Å²) < 4.78 is 21.4. The van der Waals surface area contributed by atoms with Crippen molar-refractivity contribution in [2.24, 2.45) is 5.11 Å². The smallest absolute Gasteiger partial charge is 0.410 e. The van der Waals surface area contributed by atoms with Crippen LogP contribution in [0.1, 0.15) is 54.7 Å². The molecule has 2 atom stereocenters. The van der Waals surface area contributed by atoms with E-state index in [2.05, 4.69) is 20.7 Å². The highest BCUT2D eigenvalue weighted by atomic mass is 32.1. The van der Waals surface area contributed by atoms with E-state index in [0.717, 1.165) is 23.3 Å². The monoisotopic (exact) mass is 636 g/mol. The maximum Gasteiger partial charge on any atom is 0.410 e. The molecule has 1 aliphatic rings. The number of benzene rings is 2. The van der Waals surface area contributed by atoms with Crippen LogP contribution in [0.15, 0.2) is 65.1 Å². The Balaban J connectivity index is 1.41. The van der Waals surface area contributed by atoms with Crippen LogP contribution < -0.4 is 20.1 Å². The molecule has 0 bridgehead atoms. The summed E-state index contributed by atoms with van der Waals surface area (Å²) in [6.45, 7) is 2.69. The minimum Gasteiger partial charge on any atom is -0.469 e. The topological polar surface area (TPSA) is 164 Å². The molecule has 2 aromatic carbocycles. The Morgan fingerprint density at radius 3 is 2.60 bits per heavy atom. The molecule has 1 aliphatic heterocycles. The summed E-state index contributed by atoms with van der Waals surface area (Å²) in [6, 6.07) is 14.3. The van der Waals surface area contributed by atoms with E-state index in [9.17, 15) is 14.4 Å². The number of carbonyl (C=O) groups is 3. The summed E-state index contributed by atoms with van der Waals surface area (Å²) in [7, 11) is 1.29. The van der Waals surface area contributed by atoms with Gasteiger partial charge in [-0.3, -0.25) is 9.69 Å².